The number of nitrogens with one attached hydrogen (secondary N) is 1. The van der Waals surface area contributed by atoms with Gasteiger partial charge < -0.3 is 5.32 Å². The van der Waals surface area contributed by atoms with Crippen LogP contribution in [0.1, 0.15) is 33.6 Å². The summed E-state index contributed by atoms with van der Waals surface area (Å²) in [6, 6.07) is 4.40. The van der Waals surface area contributed by atoms with Crippen LogP contribution in [-0.4, -0.2) is 15.2 Å². The third kappa shape index (κ3) is 3.08. The molecule has 1 N–H and O–H groups in total. The van der Waals surface area contributed by atoms with Gasteiger partial charge in [-0.05, 0) is 51.3 Å². The first kappa shape index (κ1) is 13.5. The Kier molecular flexibility index (Phi) is 3.79. The van der Waals surface area contributed by atoms with E-state index in [4.69, 9.17) is 0 Å². The molecule has 0 aliphatic carbocycles. The van der Waals surface area contributed by atoms with Gasteiger partial charge in [0.25, 0.3) is 0 Å². The van der Waals surface area contributed by atoms with Crippen LogP contribution < -0.4 is 5.32 Å². The van der Waals surface area contributed by atoms with E-state index in [0.29, 0.717) is 5.95 Å². The van der Waals surface area contributed by atoms with Crippen LogP contribution in [0.5, 0.6) is 0 Å². The molecule has 0 bridgehead atoms. The largest absolute Gasteiger partial charge is 0.349 e. The van der Waals surface area contributed by atoms with Gasteiger partial charge in [-0.3, -0.25) is 0 Å². The molecule has 0 fully saturated rings. The minimum Gasteiger partial charge on any atom is -0.349 e. The van der Waals surface area contributed by atoms with E-state index in [1.807, 2.05) is 13.8 Å². The van der Waals surface area contributed by atoms with Crippen molar-refractivity contribution in [2.45, 2.75) is 41.2 Å². The molecule has 0 amide bonds. The second-order valence-corrected chi connectivity index (χ2v) is 5.04. The lowest BCUT2D eigenvalue weighted by atomic mass is 10.00. The number of rotatable bonds is 3. The highest BCUT2D eigenvalue weighted by molar-refractivity contribution is 5.40. The number of aryl methyl sites for hydroxylation is 5. The maximum atomic E-state index is 4.38. The molecule has 100 valence electrons. The topological polar surface area (TPSA) is 50.7 Å². The fraction of sp³-hybridized carbons (Fsp3) is 0.400. The molecular weight excluding hydrogens is 236 g/mol. The van der Waals surface area contributed by atoms with Gasteiger partial charge in [0.2, 0.25) is 5.95 Å². The van der Waals surface area contributed by atoms with Crippen molar-refractivity contribution < 1.29 is 0 Å². The van der Waals surface area contributed by atoms with E-state index in [-0.39, 0.29) is 0 Å². The van der Waals surface area contributed by atoms with E-state index in [0.717, 1.165) is 17.9 Å². The summed E-state index contributed by atoms with van der Waals surface area (Å²) in [6.45, 7) is 11.0. The van der Waals surface area contributed by atoms with Crippen LogP contribution in [0.15, 0.2) is 12.1 Å². The number of benzene rings is 1. The fourth-order valence-electron chi connectivity index (χ4n) is 2.19. The molecule has 0 radical (unpaired) electrons. The fourth-order valence-corrected chi connectivity index (χ4v) is 2.19. The lowest BCUT2D eigenvalue weighted by Gasteiger charge is -2.12. The van der Waals surface area contributed by atoms with E-state index in [1.165, 1.54) is 22.3 Å². The maximum absolute atomic E-state index is 4.38. The van der Waals surface area contributed by atoms with Crippen molar-refractivity contribution >= 4 is 5.95 Å². The molecule has 4 heteroatoms. The molecule has 0 unspecified atom stereocenters. The predicted octanol–water partition coefficient (Wildman–Crippen LogP) is 3.03. The molecule has 19 heavy (non-hydrogen) atoms. The normalized spacial score (nSPS) is 10.6. The van der Waals surface area contributed by atoms with Crippen molar-refractivity contribution in [3.8, 4) is 0 Å². The standard InChI is InChI=1S/C15H20N4/c1-9-6-10(2)14(11(3)7-9)8-16-15-17-12(4)13(5)18-19-15/h6-7H,8H2,1-5H3,(H,16,17,19). The van der Waals surface area contributed by atoms with Crippen LogP contribution in [0, 0.1) is 34.6 Å². The molecule has 0 aliphatic heterocycles. The average Bonchev–Trinajstić information content (AvgIpc) is 2.32. The van der Waals surface area contributed by atoms with Crippen molar-refractivity contribution in [2.75, 3.05) is 5.32 Å². The van der Waals surface area contributed by atoms with Crippen LogP contribution in [0.2, 0.25) is 0 Å². The van der Waals surface area contributed by atoms with E-state index in [2.05, 4.69) is 53.4 Å². The monoisotopic (exact) mass is 256 g/mol. The summed E-state index contributed by atoms with van der Waals surface area (Å²) in [5.41, 5.74) is 6.96. The molecular formula is C15H20N4. The number of hydrogen-bond donors (Lipinski definition) is 1. The minimum absolute atomic E-state index is 0.586. The molecule has 0 atom stereocenters. The highest BCUT2D eigenvalue weighted by Crippen LogP contribution is 2.17. The molecule has 4 nitrogen and oxygen atoms in total. The summed E-state index contributed by atoms with van der Waals surface area (Å²) in [7, 11) is 0. The van der Waals surface area contributed by atoms with Crippen molar-refractivity contribution in [1.82, 2.24) is 15.2 Å². The second kappa shape index (κ2) is 5.34. The first-order chi connectivity index (χ1) is 8.97. The van der Waals surface area contributed by atoms with Gasteiger partial charge in [0.15, 0.2) is 0 Å². The average molecular weight is 256 g/mol. The van der Waals surface area contributed by atoms with Gasteiger partial charge in [0, 0.05) is 6.54 Å². The SMILES string of the molecule is Cc1cc(C)c(CNc2nnc(C)c(C)n2)c(C)c1. The highest BCUT2D eigenvalue weighted by atomic mass is 15.2. The molecule has 0 saturated carbocycles. The lowest BCUT2D eigenvalue weighted by molar-refractivity contribution is 0.883. The quantitative estimate of drug-likeness (QED) is 0.917. The first-order valence-corrected chi connectivity index (χ1v) is 6.46. The molecule has 1 aromatic heterocycles. The molecule has 1 heterocycles. The van der Waals surface area contributed by atoms with Crippen molar-refractivity contribution in [1.29, 1.82) is 0 Å². The Bertz CT molecular complexity index is 582. The van der Waals surface area contributed by atoms with Crippen molar-refractivity contribution in [3.05, 3.63) is 45.8 Å². The molecule has 0 spiro atoms. The molecule has 1 aromatic carbocycles. The predicted molar refractivity (Wildman–Crippen MR) is 77.3 cm³/mol. The van der Waals surface area contributed by atoms with Gasteiger partial charge in [0.05, 0.1) is 11.4 Å². The van der Waals surface area contributed by atoms with Crippen molar-refractivity contribution in [3.63, 3.8) is 0 Å². The van der Waals surface area contributed by atoms with Crippen LogP contribution >= 0.6 is 0 Å². The van der Waals surface area contributed by atoms with Crippen molar-refractivity contribution in [2.24, 2.45) is 0 Å². The zero-order valence-corrected chi connectivity index (χ0v) is 12.2. The van der Waals surface area contributed by atoms with Gasteiger partial charge in [-0.15, -0.1) is 5.10 Å². The van der Waals surface area contributed by atoms with Gasteiger partial charge in [-0.1, -0.05) is 17.7 Å². The highest BCUT2D eigenvalue weighted by Gasteiger charge is 2.06. The third-order valence-corrected chi connectivity index (χ3v) is 3.36. The molecule has 2 rings (SSSR count). The summed E-state index contributed by atoms with van der Waals surface area (Å²) >= 11 is 0. The van der Waals surface area contributed by atoms with Crippen LogP contribution in [0.3, 0.4) is 0 Å². The van der Waals surface area contributed by atoms with Gasteiger partial charge in [-0.2, -0.15) is 5.10 Å². The molecule has 2 aromatic rings. The third-order valence-electron chi connectivity index (χ3n) is 3.36. The number of aromatic nitrogens is 3. The van der Waals surface area contributed by atoms with E-state index in [1.54, 1.807) is 0 Å². The summed E-state index contributed by atoms with van der Waals surface area (Å²) < 4.78 is 0. The van der Waals surface area contributed by atoms with Gasteiger partial charge >= 0.3 is 0 Å². The Labute approximate surface area is 114 Å². The zero-order chi connectivity index (χ0) is 14.0. The summed E-state index contributed by atoms with van der Waals surface area (Å²) in [4.78, 5) is 4.38. The van der Waals surface area contributed by atoms with Gasteiger partial charge in [0.1, 0.15) is 0 Å². The maximum Gasteiger partial charge on any atom is 0.243 e. The summed E-state index contributed by atoms with van der Waals surface area (Å²) in [5, 5.41) is 11.4. The Morgan fingerprint density at radius 1 is 0.895 bits per heavy atom. The summed E-state index contributed by atoms with van der Waals surface area (Å²) in [6.07, 6.45) is 0. The van der Waals surface area contributed by atoms with Crippen LogP contribution in [0.25, 0.3) is 0 Å². The zero-order valence-electron chi connectivity index (χ0n) is 12.2. The van der Waals surface area contributed by atoms with Gasteiger partial charge in [-0.25, -0.2) is 4.98 Å². The number of nitrogens with zero attached hydrogens (tertiary/aromatic N) is 3. The minimum atomic E-state index is 0.586. The lowest BCUT2D eigenvalue weighted by Crippen LogP contribution is -2.09. The summed E-state index contributed by atoms with van der Waals surface area (Å²) in [5.74, 6) is 0.586. The number of anilines is 1. The Hall–Kier alpha value is -1.97. The van der Waals surface area contributed by atoms with E-state index >= 15 is 0 Å². The van der Waals surface area contributed by atoms with E-state index < -0.39 is 0 Å². The Morgan fingerprint density at radius 3 is 2.11 bits per heavy atom. The van der Waals surface area contributed by atoms with Crippen LogP contribution in [-0.2, 0) is 6.54 Å². The second-order valence-electron chi connectivity index (χ2n) is 5.04. The smallest absolute Gasteiger partial charge is 0.243 e. The Balaban J connectivity index is 2.16. The first-order valence-electron chi connectivity index (χ1n) is 6.46. The number of hydrogen-bond acceptors (Lipinski definition) is 4. The molecule has 0 aliphatic rings. The molecule has 0 saturated heterocycles. The van der Waals surface area contributed by atoms with E-state index in [9.17, 15) is 0 Å². The van der Waals surface area contributed by atoms with Crippen LogP contribution in [0.4, 0.5) is 5.95 Å². The Morgan fingerprint density at radius 2 is 1.53 bits per heavy atom.